The van der Waals surface area contributed by atoms with Gasteiger partial charge in [0.15, 0.2) is 0 Å². The number of carbonyl (C=O) groups excluding carboxylic acids is 1. The monoisotopic (exact) mass is 280 g/mol. The third kappa shape index (κ3) is 5.38. The van der Waals surface area contributed by atoms with Crippen molar-refractivity contribution in [1.29, 1.82) is 0 Å². The maximum absolute atomic E-state index is 11.6. The summed E-state index contributed by atoms with van der Waals surface area (Å²) in [6.45, 7) is 0. The number of rotatable bonds is 7. The van der Waals surface area contributed by atoms with E-state index in [1.54, 1.807) is 24.3 Å². The van der Waals surface area contributed by atoms with Crippen LogP contribution < -0.4 is 11.1 Å². The van der Waals surface area contributed by atoms with E-state index < -0.39 is 30.3 Å². The SMILES string of the molecule is Nc1ccc(CCC(=O)NC(CC(=O)O)C(=O)O)cc1. The molecule has 0 aliphatic carbocycles. The van der Waals surface area contributed by atoms with E-state index in [1.165, 1.54) is 0 Å². The summed E-state index contributed by atoms with van der Waals surface area (Å²) >= 11 is 0. The van der Waals surface area contributed by atoms with Crippen LogP contribution in [0, 0.1) is 0 Å². The lowest BCUT2D eigenvalue weighted by Gasteiger charge is -2.12. The molecule has 0 heterocycles. The summed E-state index contributed by atoms with van der Waals surface area (Å²) in [5.74, 6) is -3.15. The van der Waals surface area contributed by atoms with Crippen LogP contribution in [0.5, 0.6) is 0 Å². The van der Waals surface area contributed by atoms with Crippen molar-refractivity contribution < 1.29 is 24.6 Å². The van der Waals surface area contributed by atoms with Crippen LogP contribution in [-0.2, 0) is 20.8 Å². The molecule has 0 aromatic heterocycles. The number of nitrogen functional groups attached to an aromatic ring is 1. The Morgan fingerprint density at radius 3 is 2.25 bits per heavy atom. The number of hydrogen-bond donors (Lipinski definition) is 4. The molecule has 1 amide bonds. The van der Waals surface area contributed by atoms with Gasteiger partial charge in [0.2, 0.25) is 5.91 Å². The second kappa shape index (κ2) is 7.13. The highest BCUT2D eigenvalue weighted by atomic mass is 16.4. The Labute approximate surface area is 115 Å². The number of carboxylic acids is 2. The molecule has 108 valence electrons. The lowest BCUT2D eigenvalue weighted by molar-refractivity contribution is -0.147. The fourth-order valence-electron chi connectivity index (χ4n) is 1.58. The average molecular weight is 280 g/mol. The van der Waals surface area contributed by atoms with Gasteiger partial charge in [0, 0.05) is 12.1 Å². The number of benzene rings is 1. The van der Waals surface area contributed by atoms with Crippen molar-refractivity contribution in [2.24, 2.45) is 0 Å². The van der Waals surface area contributed by atoms with Crippen LogP contribution in [-0.4, -0.2) is 34.1 Å². The second-order valence-corrected chi connectivity index (χ2v) is 4.30. The number of aryl methyl sites for hydroxylation is 1. The van der Waals surface area contributed by atoms with Gasteiger partial charge in [-0.15, -0.1) is 0 Å². The maximum atomic E-state index is 11.6. The quantitative estimate of drug-likeness (QED) is 0.529. The van der Waals surface area contributed by atoms with E-state index in [2.05, 4.69) is 5.32 Å². The Balaban J connectivity index is 2.47. The first-order valence-corrected chi connectivity index (χ1v) is 5.97. The van der Waals surface area contributed by atoms with Crippen molar-refractivity contribution in [2.45, 2.75) is 25.3 Å². The fraction of sp³-hybridized carbons (Fsp3) is 0.308. The number of hydrogen-bond acceptors (Lipinski definition) is 4. The lowest BCUT2D eigenvalue weighted by Crippen LogP contribution is -2.42. The van der Waals surface area contributed by atoms with Gasteiger partial charge in [-0.25, -0.2) is 4.79 Å². The van der Waals surface area contributed by atoms with Gasteiger partial charge in [-0.1, -0.05) is 12.1 Å². The van der Waals surface area contributed by atoms with Crippen LogP contribution in [0.2, 0.25) is 0 Å². The van der Waals surface area contributed by atoms with Gasteiger partial charge in [0.25, 0.3) is 0 Å². The maximum Gasteiger partial charge on any atom is 0.326 e. The number of carbonyl (C=O) groups is 3. The number of amides is 1. The normalized spacial score (nSPS) is 11.6. The van der Waals surface area contributed by atoms with Crippen molar-refractivity contribution in [2.75, 3.05) is 5.73 Å². The van der Waals surface area contributed by atoms with E-state index in [4.69, 9.17) is 15.9 Å². The van der Waals surface area contributed by atoms with Crippen molar-refractivity contribution in [1.82, 2.24) is 5.32 Å². The Bertz CT molecular complexity index is 498. The molecule has 0 aliphatic rings. The van der Waals surface area contributed by atoms with Crippen molar-refractivity contribution in [3.8, 4) is 0 Å². The van der Waals surface area contributed by atoms with Crippen LogP contribution in [0.1, 0.15) is 18.4 Å². The molecule has 1 unspecified atom stereocenters. The van der Waals surface area contributed by atoms with E-state index in [9.17, 15) is 14.4 Å². The smallest absolute Gasteiger partial charge is 0.326 e. The van der Waals surface area contributed by atoms with Gasteiger partial charge >= 0.3 is 11.9 Å². The highest BCUT2D eigenvalue weighted by Crippen LogP contribution is 2.07. The molecule has 1 atom stereocenters. The summed E-state index contributed by atoms with van der Waals surface area (Å²) in [6.07, 6.45) is -0.151. The standard InChI is InChI=1S/C13H16N2O5/c14-9-4-1-8(2-5-9)3-6-11(16)15-10(13(19)20)7-12(17)18/h1-2,4-5,10H,3,6-7,14H2,(H,15,16)(H,17,18)(H,19,20). The number of anilines is 1. The highest BCUT2D eigenvalue weighted by Gasteiger charge is 2.22. The van der Waals surface area contributed by atoms with Gasteiger partial charge in [0.1, 0.15) is 6.04 Å². The first-order chi connectivity index (χ1) is 9.38. The van der Waals surface area contributed by atoms with Crippen LogP contribution >= 0.6 is 0 Å². The molecule has 5 N–H and O–H groups in total. The molecule has 1 rings (SSSR count). The van der Waals surface area contributed by atoms with E-state index in [1.807, 2.05) is 0 Å². The fourth-order valence-corrected chi connectivity index (χ4v) is 1.58. The molecule has 7 heteroatoms. The first kappa shape index (κ1) is 15.5. The summed E-state index contributed by atoms with van der Waals surface area (Å²) in [4.78, 5) is 32.9. The third-order valence-electron chi connectivity index (χ3n) is 2.63. The minimum atomic E-state index is -1.41. The molecule has 0 spiro atoms. The molecule has 7 nitrogen and oxygen atoms in total. The molecule has 0 bridgehead atoms. The average Bonchev–Trinajstić information content (AvgIpc) is 2.36. The number of nitrogens with one attached hydrogen (secondary N) is 1. The number of aliphatic carboxylic acids is 2. The van der Waals surface area contributed by atoms with Crippen LogP contribution in [0.3, 0.4) is 0 Å². The molecule has 1 aromatic carbocycles. The van der Waals surface area contributed by atoms with E-state index in [-0.39, 0.29) is 6.42 Å². The number of carboxylic acid groups (broad SMARTS) is 2. The molecule has 0 saturated heterocycles. The lowest BCUT2D eigenvalue weighted by atomic mass is 10.1. The van der Waals surface area contributed by atoms with Crippen LogP contribution in [0.25, 0.3) is 0 Å². The Hall–Kier alpha value is -2.57. The van der Waals surface area contributed by atoms with Gasteiger partial charge in [0.05, 0.1) is 6.42 Å². The molecular weight excluding hydrogens is 264 g/mol. The highest BCUT2D eigenvalue weighted by molar-refractivity contribution is 5.86. The topological polar surface area (TPSA) is 130 Å². The summed E-state index contributed by atoms with van der Waals surface area (Å²) in [5, 5.41) is 19.5. The molecule has 20 heavy (non-hydrogen) atoms. The minimum absolute atomic E-state index is 0.0767. The van der Waals surface area contributed by atoms with E-state index in [0.717, 1.165) is 5.56 Å². The second-order valence-electron chi connectivity index (χ2n) is 4.30. The zero-order chi connectivity index (χ0) is 15.1. The predicted octanol–water partition coefficient (Wildman–Crippen LogP) is 0.246. The van der Waals surface area contributed by atoms with Crippen LogP contribution in [0.15, 0.2) is 24.3 Å². The Morgan fingerprint density at radius 2 is 1.75 bits per heavy atom. The molecule has 0 aliphatic heterocycles. The summed E-state index contributed by atoms with van der Waals surface area (Å²) < 4.78 is 0. The summed E-state index contributed by atoms with van der Waals surface area (Å²) in [5.41, 5.74) is 7.03. The first-order valence-electron chi connectivity index (χ1n) is 5.97. The van der Waals surface area contributed by atoms with Crippen molar-refractivity contribution in [3.63, 3.8) is 0 Å². The minimum Gasteiger partial charge on any atom is -0.481 e. The Kier molecular flexibility index (Phi) is 5.52. The molecule has 0 radical (unpaired) electrons. The zero-order valence-corrected chi connectivity index (χ0v) is 10.7. The van der Waals surface area contributed by atoms with Gasteiger partial charge in [-0.05, 0) is 24.1 Å². The van der Waals surface area contributed by atoms with Crippen molar-refractivity contribution in [3.05, 3.63) is 29.8 Å². The molecule has 0 saturated carbocycles. The largest absolute Gasteiger partial charge is 0.481 e. The summed E-state index contributed by atoms with van der Waals surface area (Å²) in [7, 11) is 0. The van der Waals surface area contributed by atoms with Gasteiger partial charge < -0.3 is 21.3 Å². The van der Waals surface area contributed by atoms with Crippen molar-refractivity contribution >= 4 is 23.5 Å². The van der Waals surface area contributed by atoms with Gasteiger partial charge in [-0.2, -0.15) is 0 Å². The molecule has 1 aromatic rings. The Morgan fingerprint density at radius 1 is 1.15 bits per heavy atom. The van der Waals surface area contributed by atoms with Gasteiger partial charge in [-0.3, -0.25) is 9.59 Å². The third-order valence-corrected chi connectivity index (χ3v) is 2.63. The number of nitrogens with two attached hydrogens (primary N) is 1. The van der Waals surface area contributed by atoms with E-state index >= 15 is 0 Å². The van der Waals surface area contributed by atoms with Crippen LogP contribution in [0.4, 0.5) is 5.69 Å². The molecular formula is C13H16N2O5. The molecule has 0 fully saturated rings. The predicted molar refractivity (Wildman–Crippen MR) is 71.0 cm³/mol. The zero-order valence-electron chi connectivity index (χ0n) is 10.7. The summed E-state index contributed by atoms with van der Waals surface area (Å²) in [6, 6.07) is 5.55. The van der Waals surface area contributed by atoms with E-state index in [0.29, 0.717) is 12.1 Å².